The fraction of sp³-hybridized carbons (Fsp3) is 0.789. The van der Waals surface area contributed by atoms with E-state index in [4.69, 9.17) is 15.2 Å². The van der Waals surface area contributed by atoms with Crippen LogP contribution in [0.4, 0.5) is 5.95 Å². The molecule has 2 saturated heterocycles. The summed E-state index contributed by atoms with van der Waals surface area (Å²) in [6, 6.07) is 0. The van der Waals surface area contributed by atoms with Gasteiger partial charge in [0.15, 0.2) is 0 Å². The molecular weight excluding hydrogens is 436 g/mol. The quantitative estimate of drug-likeness (QED) is 0.352. The van der Waals surface area contributed by atoms with Gasteiger partial charge in [-0.1, -0.05) is 20.3 Å². The van der Waals surface area contributed by atoms with Gasteiger partial charge in [-0.05, 0) is 22.7 Å². The van der Waals surface area contributed by atoms with Gasteiger partial charge in [-0.3, -0.25) is 19.5 Å². The molecule has 3 heterocycles. The fourth-order valence-electron chi connectivity index (χ4n) is 4.33. The highest BCUT2D eigenvalue weighted by atomic mass is 16.6. The average Bonchev–Trinajstić information content (AvgIpc) is 3.27. The zero-order valence-corrected chi connectivity index (χ0v) is 19.1. The van der Waals surface area contributed by atoms with Crippen molar-refractivity contribution in [1.82, 2.24) is 29.7 Å². The monoisotopic (exact) mass is 468 g/mol. The fourth-order valence-corrected chi connectivity index (χ4v) is 4.33. The van der Waals surface area contributed by atoms with Gasteiger partial charge in [0.1, 0.15) is 0 Å². The minimum absolute atomic E-state index is 0.203. The number of amides is 2. The van der Waals surface area contributed by atoms with E-state index in [0.717, 1.165) is 4.68 Å². The van der Waals surface area contributed by atoms with Crippen LogP contribution in [0.3, 0.4) is 0 Å². The van der Waals surface area contributed by atoms with Crippen molar-refractivity contribution in [3.8, 4) is 0 Å². The predicted octanol–water partition coefficient (Wildman–Crippen LogP) is -0.444. The van der Waals surface area contributed by atoms with E-state index in [9.17, 15) is 19.7 Å². The van der Waals surface area contributed by atoms with Crippen LogP contribution in [0.2, 0.25) is 0 Å². The number of ether oxygens (including phenoxy) is 2. The molecule has 0 bridgehead atoms. The third-order valence-corrected chi connectivity index (χ3v) is 5.83. The number of morpholine rings is 2. The Hall–Kier alpha value is -2.68. The highest BCUT2D eigenvalue weighted by Gasteiger charge is 2.51. The van der Waals surface area contributed by atoms with Crippen LogP contribution in [0.15, 0.2) is 0 Å². The Bertz CT molecular complexity index is 851. The Morgan fingerprint density at radius 2 is 1.73 bits per heavy atom. The van der Waals surface area contributed by atoms with Crippen molar-refractivity contribution < 1.29 is 24.0 Å². The van der Waals surface area contributed by atoms with E-state index in [1.54, 1.807) is 4.90 Å². The third-order valence-electron chi connectivity index (χ3n) is 5.83. The molecule has 1 aromatic heterocycles. The van der Waals surface area contributed by atoms with E-state index >= 15 is 0 Å². The summed E-state index contributed by atoms with van der Waals surface area (Å²) in [5, 5.41) is 19.0. The van der Waals surface area contributed by atoms with Crippen LogP contribution in [0, 0.1) is 10.1 Å². The molecule has 1 aromatic rings. The van der Waals surface area contributed by atoms with E-state index in [1.807, 2.05) is 18.9 Å². The minimum Gasteiger partial charge on any atom is -0.390 e. The van der Waals surface area contributed by atoms with Crippen LogP contribution in [0.25, 0.3) is 0 Å². The Morgan fingerprint density at radius 1 is 1.12 bits per heavy atom. The van der Waals surface area contributed by atoms with E-state index in [2.05, 4.69) is 10.1 Å². The zero-order chi connectivity index (χ0) is 24.0. The second-order valence-electron chi connectivity index (χ2n) is 7.93. The van der Waals surface area contributed by atoms with Gasteiger partial charge < -0.3 is 25.3 Å². The van der Waals surface area contributed by atoms with Crippen LogP contribution in [0.5, 0.6) is 0 Å². The summed E-state index contributed by atoms with van der Waals surface area (Å²) in [7, 11) is 0. The van der Waals surface area contributed by atoms with Crippen molar-refractivity contribution >= 4 is 17.8 Å². The number of hydrogen-bond donors (Lipinski definition) is 1. The summed E-state index contributed by atoms with van der Waals surface area (Å²) < 4.78 is 11.9. The van der Waals surface area contributed by atoms with Crippen molar-refractivity contribution in [1.29, 1.82) is 0 Å². The number of carbonyl (C=O) groups excluding carboxylic acids is 2. The molecule has 184 valence electrons. The molecule has 2 amide bonds. The van der Waals surface area contributed by atoms with Crippen LogP contribution >= 0.6 is 0 Å². The topological polar surface area (TPSA) is 162 Å². The maximum Gasteiger partial charge on any atom is 0.491 e. The number of nitro groups is 1. The maximum absolute atomic E-state index is 13.7. The Labute approximate surface area is 191 Å². The van der Waals surface area contributed by atoms with Crippen molar-refractivity contribution in [3.05, 3.63) is 15.9 Å². The van der Waals surface area contributed by atoms with Crippen molar-refractivity contribution in [2.24, 2.45) is 5.73 Å². The Kier molecular flexibility index (Phi) is 8.29. The number of aromatic nitrogens is 3. The lowest BCUT2D eigenvalue weighted by molar-refractivity contribution is -0.394. The number of hydrogen-bond acceptors (Lipinski definition) is 10. The predicted molar refractivity (Wildman–Crippen MR) is 115 cm³/mol. The van der Waals surface area contributed by atoms with E-state index in [0.29, 0.717) is 72.0 Å². The molecule has 0 aromatic carbocycles. The zero-order valence-electron chi connectivity index (χ0n) is 19.1. The highest BCUT2D eigenvalue weighted by Crippen LogP contribution is 2.31. The minimum atomic E-state index is -1.59. The second-order valence-corrected chi connectivity index (χ2v) is 7.93. The van der Waals surface area contributed by atoms with Gasteiger partial charge in [0.05, 0.1) is 26.4 Å². The summed E-state index contributed by atoms with van der Waals surface area (Å²) in [6.07, 6.45) is 1.37. The standard InChI is InChI=1S/C19H32N8O6/c1-3-5-19(17(20)29,23-7-11-32-12-8-23)26-15(21-18(22-26)27(30)31)16(28)25(6-4-2)24-9-13-33-14-10-24/h3-14H2,1-2H3,(H2,20,29). The summed E-state index contributed by atoms with van der Waals surface area (Å²) in [5.74, 6) is -2.38. The van der Waals surface area contributed by atoms with Crippen molar-refractivity contribution in [3.63, 3.8) is 0 Å². The van der Waals surface area contributed by atoms with Crippen molar-refractivity contribution in [2.75, 3.05) is 59.2 Å². The van der Waals surface area contributed by atoms with Crippen molar-refractivity contribution in [2.45, 2.75) is 38.8 Å². The second kappa shape index (κ2) is 11.0. The van der Waals surface area contributed by atoms with Crippen LogP contribution < -0.4 is 5.73 Å². The van der Waals surface area contributed by atoms with E-state index in [1.165, 1.54) is 5.01 Å². The third kappa shape index (κ3) is 4.98. The number of rotatable bonds is 10. The maximum atomic E-state index is 13.7. The first-order valence-electron chi connectivity index (χ1n) is 11.3. The van der Waals surface area contributed by atoms with Gasteiger partial charge in [-0.15, -0.1) is 4.68 Å². The molecule has 0 radical (unpaired) electrons. The molecule has 2 fully saturated rings. The Morgan fingerprint density at radius 3 is 2.24 bits per heavy atom. The molecule has 14 heteroatoms. The summed E-state index contributed by atoms with van der Waals surface area (Å²) in [5.41, 5.74) is 4.33. The molecule has 3 rings (SSSR count). The van der Waals surface area contributed by atoms with Crippen LogP contribution in [0.1, 0.15) is 43.7 Å². The van der Waals surface area contributed by atoms with Gasteiger partial charge in [0.25, 0.3) is 5.91 Å². The summed E-state index contributed by atoms with van der Waals surface area (Å²) in [6.45, 7) is 7.46. The molecule has 1 unspecified atom stereocenters. The summed E-state index contributed by atoms with van der Waals surface area (Å²) >= 11 is 0. The lowest BCUT2D eigenvalue weighted by Gasteiger charge is -2.42. The van der Waals surface area contributed by atoms with Gasteiger partial charge in [0, 0.05) is 37.8 Å². The molecule has 0 aliphatic carbocycles. The first-order chi connectivity index (χ1) is 15.9. The lowest BCUT2D eigenvalue weighted by Crippen LogP contribution is -2.63. The Balaban J connectivity index is 2.14. The van der Waals surface area contributed by atoms with Gasteiger partial charge >= 0.3 is 17.7 Å². The molecule has 33 heavy (non-hydrogen) atoms. The number of primary amides is 1. The normalized spacial score (nSPS) is 19.7. The molecule has 14 nitrogen and oxygen atoms in total. The van der Waals surface area contributed by atoms with Gasteiger partial charge in [-0.25, -0.2) is 5.01 Å². The smallest absolute Gasteiger partial charge is 0.390 e. The average molecular weight is 469 g/mol. The largest absolute Gasteiger partial charge is 0.491 e. The van der Waals surface area contributed by atoms with E-state index in [-0.39, 0.29) is 12.2 Å². The number of carbonyl (C=O) groups is 2. The molecule has 2 aliphatic rings. The SMILES string of the molecule is CCCN(C(=O)c1nc([N+](=O)[O-])nn1C(CCC)(C(N)=O)N1CCOCC1)N1CCOCC1. The first kappa shape index (κ1) is 25.0. The molecular formula is C19H32N8O6. The van der Waals surface area contributed by atoms with Crippen LogP contribution in [-0.2, 0) is 19.9 Å². The number of nitrogens with zero attached hydrogens (tertiary/aromatic N) is 7. The lowest BCUT2D eigenvalue weighted by atomic mass is 10.00. The molecule has 0 saturated carbocycles. The number of hydrazine groups is 1. The number of nitrogens with two attached hydrogens (primary N) is 1. The van der Waals surface area contributed by atoms with E-state index < -0.39 is 28.3 Å². The van der Waals surface area contributed by atoms with Gasteiger partial charge in [0.2, 0.25) is 5.66 Å². The molecule has 2 aliphatic heterocycles. The molecule has 0 spiro atoms. The molecule has 2 N–H and O–H groups in total. The summed E-state index contributed by atoms with van der Waals surface area (Å²) in [4.78, 5) is 43.3. The van der Waals surface area contributed by atoms with Gasteiger partial charge in [-0.2, -0.15) is 0 Å². The van der Waals surface area contributed by atoms with Crippen LogP contribution in [-0.4, -0.2) is 106 Å². The highest BCUT2D eigenvalue weighted by molar-refractivity contribution is 5.92. The molecule has 1 atom stereocenters. The first-order valence-corrected chi connectivity index (χ1v) is 11.3.